The molecule has 25 heavy (non-hydrogen) atoms. The van der Waals surface area contributed by atoms with Crippen molar-refractivity contribution in [2.75, 3.05) is 33.3 Å². The van der Waals surface area contributed by atoms with Crippen LogP contribution in [0.1, 0.15) is 17.2 Å². The van der Waals surface area contributed by atoms with Crippen LogP contribution in [0.4, 0.5) is 13.2 Å². The summed E-state index contributed by atoms with van der Waals surface area (Å²) in [6.07, 6.45) is -4.72. The first kappa shape index (κ1) is 18.0. The summed E-state index contributed by atoms with van der Waals surface area (Å²) in [5.74, 6) is 0.106. The molecule has 136 valence electrons. The van der Waals surface area contributed by atoms with Crippen molar-refractivity contribution < 1.29 is 22.6 Å². The van der Waals surface area contributed by atoms with E-state index in [4.69, 9.17) is 4.74 Å². The van der Waals surface area contributed by atoms with E-state index in [9.17, 15) is 13.2 Å². The van der Waals surface area contributed by atoms with Crippen molar-refractivity contribution in [3.8, 4) is 11.5 Å². The SMILES string of the molecule is COc1cc(OC(F)(F)F)ccc1[C@@H](c1ccsc1)N1CCNCC1. The van der Waals surface area contributed by atoms with Crippen molar-refractivity contribution in [2.24, 2.45) is 0 Å². The van der Waals surface area contributed by atoms with Crippen LogP contribution in [-0.4, -0.2) is 44.6 Å². The van der Waals surface area contributed by atoms with Crippen molar-refractivity contribution in [1.29, 1.82) is 0 Å². The molecule has 3 rings (SSSR count). The van der Waals surface area contributed by atoms with Gasteiger partial charge in [-0.1, -0.05) is 0 Å². The van der Waals surface area contributed by atoms with Gasteiger partial charge in [-0.25, -0.2) is 0 Å². The highest BCUT2D eigenvalue weighted by Gasteiger charge is 2.32. The number of nitrogens with one attached hydrogen (secondary N) is 1. The zero-order valence-electron chi connectivity index (χ0n) is 13.7. The Morgan fingerprint density at radius 2 is 1.96 bits per heavy atom. The normalized spacial score (nSPS) is 17.3. The number of piperazine rings is 1. The van der Waals surface area contributed by atoms with Crippen LogP contribution in [0.2, 0.25) is 0 Å². The molecule has 2 aromatic rings. The molecule has 1 atom stereocenters. The minimum Gasteiger partial charge on any atom is -0.496 e. The van der Waals surface area contributed by atoms with Crippen molar-refractivity contribution in [1.82, 2.24) is 10.2 Å². The van der Waals surface area contributed by atoms with Gasteiger partial charge >= 0.3 is 6.36 Å². The standard InChI is InChI=1S/C17H19F3N2O2S/c1-23-15-10-13(24-17(18,19)20)2-3-14(15)16(12-4-9-25-11-12)22-7-5-21-6-8-22/h2-4,9-11,16,21H,5-8H2,1H3/t16-/m1/s1. The number of benzene rings is 1. The number of alkyl halides is 3. The van der Waals surface area contributed by atoms with E-state index in [1.54, 1.807) is 17.4 Å². The molecule has 0 aliphatic carbocycles. The van der Waals surface area contributed by atoms with Gasteiger partial charge in [0.2, 0.25) is 0 Å². The van der Waals surface area contributed by atoms with Gasteiger partial charge in [-0.15, -0.1) is 13.2 Å². The topological polar surface area (TPSA) is 33.7 Å². The third-order valence-corrected chi connectivity index (χ3v) is 4.81. The van der Waals surface area contributed by atoms with E-state index in [0.29, 0.717) is 5.75 Å². The number of hydrogen-bond donors (Lipinski definition) is 1. The number of hydrogen-bond acceptors (Lipinski definition) is 5. The largest absolute Gasteiger partial charge is 0.573 e. The minimum absolute atomic E-state index is 0.0664. The summed E-state index contributed by atoms with van der Waals surface area (Å²) in [5.41, 5.74) is 1.94. The van der Waals surface area contributed by atoms with E-state index in [2.05, 4.69) is 20.3 Å². The lowest BCUT2D eigenvalue weighted by Crippen LogP contribution is -2.45. The van der Waals surface area contributed by atoms with Crippen molar-refractivity contribution in [3.63, 3.8) is 0 Å². The zero-order chi connectivity index (χ0) is 17.9. The molecule has 0 amide bonds. The Hall–Kier alpha value is -1.77. The summed E-state index contributed by atoms with van der Waals surface area (Å²) < 4.78 is 46.8. The number of methoxy groups -OCH3 is 1. The quantitative estimate of drug-likeness (QED) is 0.869. The van der Waals surface area contributed by atoms with Gasteiger partial charge in [0.15, 0.2) is 0 Å². The Balaban J connectivity index is 1.97. The fraction of sp³-hybridized carbons (Fsp3) is 0.412. The highest BCUT2D eigenvalue weighted by atomic mass is 32.1. The van der Waals surface area contributed by atoms with E-state index in [-0.39, 0.29) is 11.8 Å². The van der Waals surface area contributed by atoms with E-state index in [1.807, 2.05) is 11.4 Å². The van der Waals surface area contributed by atoms with Crippen LogP contribution in [-0.2, 0) is 0 Å². The Labute approximate surface area is 148 Å². The molecule has 1 aromatic carbocycles. The van der Waals surface area contributed by atoms with Gasteiger partial charge in [0.1, 0.15) is 11.5 Å². The first-order valence-corrected chi connectivity index (χ1v) is 8.83. The third-order valence-electron chi connectivity index (χ3n) is 4.11. The van der Waals surface area contributed by atoms with Gasteiger partial charge in [0, 0.05) is 37.8 Å². The van der Waals surface area contributed by atoms with E-state index in [0.717, 1.165) is 37.3 Å². The van der Waals surface area contributed by atoms with Gasteiger partial charge in [0.25, 0.3) is 0 Å². The summed E-state index contributed by atoms with van der Waals surface area (Å²) in [6, 6.07) is 6.27. The maximum Gasteiger partial charge on any atom is 0.573 e. The smallest absolute Gasteiger partial charge is 0.496 e. The molecule has 8 heteroatoms. The predicted molar refractivity (Wildman–Crippen MR) is 90.3 cm³/mol. The lowest BCUT2D eigenvalue weighted by molar-refractivity contribution is -0.274. The van der Waals surface area contributed by atoms with Crippen LogP contribution in [0.3, 0.4) is 0 Å². The highest BCUT2D eigenvalue weighted by molar-refractivity contribution is 7.08. The molecular weight excluding hydrogens is 353 g/mol. The summed E-state index contributed by atoms with van der Waals surface area (Å²) in [7, 11) is 1.46. The number of rotatable bonds is 5. The summed E-state index contributed by atoms with van der Waals surface area (Å²) >= 11 is 1.59. The molecule has 1 saturated heterocycles. The fourth-order valence-corrected chi connectivity index (χ4v) is 3.75. The molecule has 0 radical (unpaired) electrons. The molecule has 0 bridgehead atoms. The number of nitrogens with zero attached hydrogens (tertiary/aromatic N) is 1. The van der Waals surface area contributed by atoms with Gasteiger partial charge in [-0.2, -0.15) is 11.3 Å². The Bertz CT molecular complexity index is 686. The van der Waals surface area contributed by atoms with Gasteiger partial charge < -0.3 is 14.8 Å². The molecule has 1 aliphatic heterocycles. The lowest BCUT2D eigenvalue weighted by Gasteiger charge is -2.35. The Morgan fingerprint density at radius 1 is 1.20 bits per heavy atom. The fourth-order valence-electron chi connectivity index (χ4n) is 3.07. The van der Waals surface area contributed by atoms with Crippen molar-refractivity contribution in [3.05, 3.63) is 46.2 Å². The number of halogens is 3. The number of ether oxygens (including phenoxy) is 2. The second-order valence-corrected chi connectivity index (χ2v) is 6.48. The first-order valence-electron chi connectivity index (χ1n) is 7.88. The number of thiophene rings is 1. The Morgan fingerprint density at radius 3 is 2.56 bits per heavy atom. The highest BCUT2D eigenvalue weighted by Crippen LogP contribution is 2.38. The molecule has 1 fully saturated rings. The lowest BCUT2D eigenvalue weighted by atomic mass is 9.97. The van der Waals surface area contributed by atoms with Crippen molar-refractivity contribution in [2.45, 2.75) is 12.4 Å². The Kier molecular flexibility index (Phi) is 5.51. The maximum atomic E-state index is 12.5. The van der Waals surface area contributed by atoms with Gasteiger partial charge in [-0.05, 0) is 34.5 Å². The molecule has 0 unspecified atom stereocenters. The molecule has 0 spiro atoms. The minimum atomic E-state index is -4.72. The summed E-state index contributed by atoms with van der Waals surface area (Å²) in [5, 5.41) is 7.37. The average Bonchev–Trinajstić information content (AvgIpc) is 3.10. The second kappa shape index (κ2) is 7.63. The molecule has 1 aromatic heterocycles. The van der Waals surface area contributed by atoms with Crippen LogP contribution < -0.4 is 14.8 Å². The molecule has 1 aliphatic rings. The van der Waals surface area contributed by atoms with Gasteiger partial charge in [-0.3, -0.25) is 4.90 Å². The van der Waals surface area contributed by atoms with Crippen molar-refractivity contribution >= 4 is 11.3 Å². The molecule has 0 saturated carbocycles. The second-order valence-electron chi connectivity index (χ2n) is 5.70. The zero-order valence-corrected chi connectivity index (χ0v) is 14.5. The summed E-state index contributed by atoms with van der Waals surface area (Å²) in [4.78, 5) is 2.31. The maximum absolute atomic E-state index is 12.5. The third kappa shape index (κ3) is 4.45. The molecule has 1 N–H and O–H groups in total. The van der Waals surface area contributed by atoms with E-state index in [1.165, 1.54) is 19.2 Å². The van der Waals surface area contributed by atoms with E-state index >= 15 is 0 Å². The van der Waals surface area contributed by atoms with Crippen LogP contribution in [0.25, 0.3) is 0 Å². The molecule has 4 nitrogen and oxygen atoms in total. The van der Waals surface area contributed by atoms with Crippen LogP contribution >= 0.6 is 11.3 Å². The molecular formula is C17H19F3N2O2S. The van der Waals surface area contributed by atoms with Gasteiger partial charge in [0.05, 0.1) is 13.2 Å². The van der Waals surface area contributed by atoms with Crippen LogP contribution in [0.5, 0.6) is 11.5 Å². The van der Waals surface area contributed by atoms with Crippen LogP contribution in [0, 0.1) is 0 Å². The monoisotopic (exact) mass is 372 g/mol. The predicted octanol–water partition coefficient (Wildman–Crippen LogP) is 3.65. The molecule has 2 heterocycles. The summed E-state index contributed by atoms with van der Waals surface area (Å²) in [6.45, 7) is 3.45. The van der Waals surface area contributed by atoms with E-state index < -0.39 is 6.36 Å². The first-order chi connectivity index (χ1) is 12.0. The van der Waals surface area contributed by atoms with Crippen LogP contribution in [0.15, 0.2) is 35.0 Å². The average molecular weight is 372 g/mol.